The lowest BCUT2D eigenvalue weighted by Crippen LogP contribution is -2.26. The van der Waals surface area contributed by atoms with Crippen LogP contribution in [-0.4, -0.2) is 33.4 Å². The molecule has 1 aliphatic rings. The first-order valence-corrected chi connectivity index (χ1v) is 9.87. The first-order valence-electron chi connectivity index (χ1n) is 9.87. The highest BCUT2D eigenvalue weighted by atomic mass is 16.5. The van der Waals surface area contributed by atoms with Gasteiger partial charge in [-0.1, -0.05) is 35.9 Å². The van der Waals surface area contributed by atoms with E-state index in [0.717, 1.165) is 11.1 Å². The lowest BCUT2D eigenvalue weighted by atomic mass is 10.0. The molecule has 31 heavy (non-hydrogen) atoms. The molecule has 1 atom stereocenters. The zero-order valence-corrected chi connectivity index (χ0v) is 17.1. The molecule has 158 valence electrons. The van der Waals surface area contributed by atoms with Gasteiger partial charge in [-0.25, -0.2) is 9.48 Å². The molecule has 0 aliphatic carbocycles. The average Bonchev–Trinajstić information content (AvgIpc) is 3.19. The van der Waals surface area contributed by atoms with Crippen molar-refractivity contribution >= 4 is 23.4 Å². The van der Waals surface area contributed by atoms with Crippen molar-refractivity contribution < 1.29 is 19.4 Å². The van der Waals surface area contributed by atoms with Crippen molar-refractivity contribution in [2.75, 3.05) is 17.2 Å². The Balaban J connectivity index is 1.73. The molecule has 0 saturated heterocycles. The van der Waals surface area contributed by atoms with Crippen molar-refractivity contribution in [2.45, 2.75) is 19.9 Å². The third-order valence-electron chi connectivity index (χ3n) is 4.96. The number of aromatic nitrogens is 2. The van der Waals surface area contributed by atoms with Gasteiger partial charge in [-0.3, -0.25) is 4.79 Å². The van der Waals surface area contributed by atoms with Crippen LogP contribution in [0.1, 0.15) is 34.5 Å². The topological polar surface area (TPSA) is 105 Å². The highest BCUT2D eigenvalue weighted by molar-refractivity contribution is 6.08. The summed E-state index contributed by atoms with van der Waals surface area (Å²) in [4.78, 5) is 24.7. The highest BCUT2D eigenvalue weighted by Crippen LogP contribution is 2.36. The summed E-state index contributed by atoms with van der Waals surface area (Å²) in [5.41, 5.74) is 2.67. The Bertz CT molecular complexity index is 1160. The molecule has 0 bridgehead atoms. The molecule has 0 spiro atoms. The molecule has 3 N–H and O–H groups in total. The number of carboxylic acid groups (broad SMARTS) is 1. The number of aryl methyl sites for hydroxylation is 1. The highest BCUT2D eigenvalue weighted by Gasteiger charge is 2.30. The van der Waals surface area contributed by atoms with Crippen molar-refractivity contribution in [2.24, 2.45) is 0 Å². The number of carbonyl (C=O) groups excluding carboxylic acids is 1. The predicted octanol–water partition coefficient (Wildman–Crippen LogP) is 3.83. The quantitative estimate of drug-likeness (QED) is 0.562. The normalized spacial score (nSPS) is 14.8. The molecule has 0 radical (unpaired) electrons. The summed E-state index contributed by atoms with van der Waals surface area (Å²) >= 11 is 0. The molecular weight excluding hydrogens is 396 g/mol. The van der Waals surface area contributed by atoms with Gasteiger partial charge in [0.1, 0.15) is 28.9 Å². The minimum atomic E-state index is -1.13. The number of rotatable bonds is 6. The van der Waals surface area contributed by atoms with E-state index in [1.165, 1.54) is 6.20 Å². The van der Waals surface area contributed by atoms with Gasteiger partial charge in [0.15, 0.2) is 0 Å². The van der Waals surface area contributed by atoms with Crippen molar-refractivity contribution in [3.05, 3.63) is 83.2 Å². The van der Waals surface area contributed by atoms with Gasteiger partial charge in [-0.15, -0.1) is 0 Å². The number of amides is 1. The monoisotopic (exact) mass is 418 g/mol. The summed E-state index contributed by atoms with van der Waals surface area (Å²) in [5.74, 6) is -0.580. The number of hydrogen-bond donors (Lipinski definition) is 3. The molecule has 1 aromatic heterocycles. The molecule has 4 rings (SSSR count). The van der Waals surface area contributed by atoms with Crippen LogP contribution in [0, 0.1) is 6.92 Å². The van der Waals surface area contributed by atoms with Crippen LogP contribution in [0.15, 0.2) is 66.5 Å². The first-order chi connectivity index (χ1) is 15.0. The third kappa shape index (κ3) is 4.00. The lowest BCUT2D eigenvalue weighted by Gasteiger charge is -2.25. The maximum atomic E-state index is 12.9. The molecule has 0 saturated carbocycles. The maximum absolute atomic E-state index is 12.9. The van der Waals surface area contributed by atoms with Gasteiger partial charge in [0.05, 0.1) is 12.8 Å². The van der Waals surface area contributed by atoms with Crippen molar-refractivity contribution in [3.8, 4) is 5.75 Å². The number of fused-ring (bicyclic) bond motifs is 1. The minimum Gasteiger partial charge on any atom is -0.494 e. The van der Waals surface area contributed by atoms with Crippen LogP contribution in [0.4, 0.5) is 11.5 Å². The Kier molecular flexibility index (Phi) is 5.44. The van der Waals surface area contributed by atoms with E-state index in [0.29, 0.717) is 23.9 Å². The van der Waals surface area contributed by atoms with Crippen LogP contribution in [0.25, 0.3) is 0 Å². The number of carbonyl (C=O) groups is 2. The molecule has 0 fully saturated rings. The first kappa shape index (κ1) is 20.2. The van der Waals surface area contributed by atoms with E-state index in [4.69, 9.17) is 4.74 Å². The van der Waals surface area contributed by atoms with Gasteiger partial charge >= 0.3 is 5.97 Å². The van der Waals surface area contributed by atoms with Crippen LogP contribution < -0.4 is 15.4 Å². The fourth-order valence-electron chi connectivity index (χ4n) is 3.46. The van der Waals surface area contributed by atoms with Crippen LogP contribution in [0.2, 0.25) is 0 Å². The Morgan fingerprint density at radius 3 is 2.65 bits per heavy atom. The molecule has 2 heterocycles. The van der Waals surface area contributed by atoms with E-state index in [-0.39, 0.29) is 17.2 Å². The summed E-state index contributed by atoms with van der Waals surface area (Å²) in [6.45, 7) is 4.31. The Morgan fingerprint density at radius 1 is 1.19 bits per heavy atom. The van der Waals surface area contributed by atoms with Crippen molar-refractivity contribution in [3.63, 3.8) is 0 Å². The van der Waals surface area contributed by atoms with Gasteiger partial charge in [-0.2, -0.15) is 5.10 Å². The standard InChI is InChI=1S/C23H22N4O4/c1-3-31-20-7-5-4-6-16(20)19-12-18(23(29)30)26-21-17(13-24-27(19)21)22(28)25-15-10-8-14(2)9-11-15/h4-13,19,26H,3H2,1-2H3,(H,25,28)(H,29,30)/t19-/m0/s1. The minimum absolute atomic E-state index is 0.0336. The summed E-state index contributed by atoms with van der Waals surface area (Å²) in [6.07, 6.45) is 2.99. The van der Waals surface area contributed by atoms with Gasteiger partial charge in [0.25, 0.3) is 5.91 Å². The second kappa shape index (κ2) is 8.35. The molecule has 0 unspecified atom stereocenters. The van der Waals surface area contributed by atoms with Crippen LogP contribution >= 0.6 is 0 Å². The smallest absolute Gasteiger partial charge is 0.352 e. The van der Waals surface area contributed by atoms with E-state index < -0.39 is 12.0 Å². The van der Waals surface area contributed by atoms with E-state index >= 15 is 0 Å². The Morgan fingerprint density at radius 2 is 1.94 bits per heavy atom. The number of allylic oxidation sites excluding steroid dienone is 1. The lowest BCUT2D eigenvalue weighted by molar-refractivity contribution is -0.132. The SMILES string of the molecule is CCOc1ccccc1[C@@H]1C=C(C(=O)O)Nc2c(C(=O)Nc3ccc(C)cc3)cnn21. The number of nitrogens with one attached hydrogen (secondary N) is 2. The van der Waals surface area contributed by atoms with Gasteiger partial charge in [0, 0.05) is 11.3 Å². The van der Waals surface area contributed by atoms with E-state index in [1.807, 2.05) is 50.2 Å². The summed E-state index contributed by atoms with van der Waals surface area (Å²) in [6, 6.07) is 14.2. The number of para-hydroxylation sites is 1. The molecule has 1 amide bonds. The maximum Gasteiger partial charge on any atom is 0.352 e. The number of hydrogen-bond acceptors (Lipinski definition) is 5. The number of ether oxygens (including phenoxy) is 1. The number of benzene rings is 2. The number of carboxylic acids is 1. The van der Waals surface area contributed by atoms with Gasteiger partial charge < -0.3 is 20.5 Å². The Hall–Kier alpha value is -4.07. The molecular formula is C23H22N4O4. The zero-order valence-electron chi connectivity index (χ0n) is 17.1. The van der Waals surface area contributed by atoms with Crippen molar-refractivity contribution in [1.82, 2.24) is 9.78 Å². The fraction of sp³-hybridized carbons (Fsp3) is 0.174. The summed E-state index contributed by atoms with van der Waals surface area (Å²) < 4.78 is 7.32. The van der Waals surface area contributed by atoms with E-state index in [9.17, 15) is 14.7 Å². The fourth-order valence-corrected chi connectivity index (χ4v) is 3.46. The number of nitrogens with zero attached hydrogens (tertiary/aromatic N) is 2. The number of anilines is 2. The number of aliphatic carboxylic acids is 1. The van der Waals surface area contributed by atoms with Crippen LogP contribution in [0.5, 0.6) is 5.75 Å². The molecule has 1 aliphatic heterocycles. The van der Waals surface area contributed by atoms with E-state index in [2.05, 4.69) is 15.7 Å². The molecule has 3 aromatic rings. The van der Waals surface area contributed by atoms with Crippen LogP contribution in [-0.2, 0) is 4.79 Å². The van der Waals surface area contributed by atoms with Gasteiger partial charge in [-0.05, 0) is 38.1 Å². The van der Waals surface area contributed by atoms with E-state index in [1.54, 1.807) is 22.9 Å². The molecule has 2 aromatic carbocycles. The largest absolute Gasteiger partial charge is 0.494 e. The molecule has 8 nitrogen and oxygen atoms in total. The average molecular weight is 418 g/mol. The Labute approximate surface area is 179 Å². The van der Waals surface area contributed by atoms with Gasteiger partial charge in [0.2, 0.25) is 0 Å². The summed E-state index contributed by atoms with van der Waals surface area (Å²) in [5, 5.41) is 19.7. The summed E-state index contributed by atoms with van der Waals surface area (Å²) in [7, 11) is 0. The predicted molar refractivity (Wildman–Crippen MR) is 116 cm³/mol. The zero-order chi connectivity index (χ0) is 22.0. The molecule has 8 heteroatoms. The third-order valence-corrected chi connectivity index (χ3v) is 4.96. The van der Waals surface area contributed by atoms with Crippen molar-refractivity contribution in [1.29, 1.82) is 0 Å². The second-order valence-electron chi connectivity index (χ2n) is 7.10. The second-order valence-corrected chi connectivity index (χ2v) is 7.10. The van der Waals surface area contributed by atoms with Crippen LogP contribution in [0.3, 0.4) is 0 Å².